The van der Waals surface area contributed by atoms with Crippen molar-refractivity contribution in [2.75, 3.05) is 17.2 Å². The highest BCUT2D eigenvalue weighted by molar-refractivity contribution is 5.43. The fraction of sp³-hybridized carbons (Fsp3) is 0.375. The second-order valence-electron chi connectivity index (χ2n) is 4.83. The SMILES string of the molecule is CCCNc1ncc(F)c(NC(CC)c2ccccc2)n1. The lowest BCUT2D eigenvalue weighted by Gasteiger charge is -2.18. The van der Waals surface area contributed by atoms with E-state index in [1.54, 1.807) is 0 Å². The molecule has 4 nitrogen and oxygen atoms in total. The molecular formula is C16H21FN4. The van der Waals surface area contributed by atoms with Gasteiger partial charge in [0.05, 0.1) is 12.2 Å². The molecule has 0 amide bonds. The monoisotopic (exact) mass is 288 g/mol. The van der Waals surface area contributed by atoms with Crippen molar-refractivity contribution in [2.45, 2.75) is 32.7 Å². The number of nitrogens with zero attached hydrogens (tertiary/aromatic N) is 2. The van der Waals surface area contributed by atoms with Crippen molar-refractivity contribution >= 4 is 11.8 Å². The van der Waals surface area contributed by atoms with Crippen molar-refractivity contribution in [3.8, 4) is 0 Å². The number of benzene rings is 1. The van der Waals surface area contributed by atoms with Crippen molar-refractivity contribution in [3.63, 3.8) is 0 Å². The first kappa shape index (κ1) is 15.2. The van der Waals surface area contributed by atoms with Gasteiger partial charge in [-0.25, -0.2) is 9.37 Å². The van der Waals surface area contributed by atoms with E-state index in [4.69, 9.17) is 0 Å². The Bertz CT molecular complexity index is 559. The molecule has 112 valence electrons. The van der Waals surface area contributed by atoms with Crippen LogP contribution in [0.4, 0.5) is 16.2 Å². The highest BCUT2D eigenvalue weighted by Gasteiger charge is 2.13. The van der Waals surface area contributed by atoms with Gasteiger partial charge in [0, 0.05) is 6.54 Å². The fourth-order valence-electron chi connectivity index (χ4n) is 2.06. The zero-order valence-electron chi connectivity index (χ0n) is 12.4. The summed E-state index contributed by atoms with van der Waals surface area (Å²) in [6.07, 6.45) is 3.00. The first-order valence-electron chi connectivity index (χ1n) is 7.32. The van der Waals surface area contributed by atoms with Crippen LogP contribution in [-0.2, 0) is 0 Å². The van der Waals surface area contributed by atoms with Gasteiger partial charge in [-0.1, -0.05) is 44.2 Å². The molecule has 0 radical (unpaired) electrons. The summed E-state index contributed by atoms with van der Waals surface area (Å²) in [4.78, 5) is 8.16. The second-order valence-corrected chi connectivity index (χ2v) is 4.83. The van der Waals surface area contributed by atoms with Crippen molar-refractivity contribution < 1.29 is 4.39 Å². The molecule has 0 aliphatic heterocycles. The van der Waals surface area contributed by atoms with Crippen LogP contribution in [0.15, 0.2) is 36.5 Å². The minimum atomic E-state index is -0.438. The summed E-state index contributed by atoms with van der Waals surface area (Å²) >= 11 is 0. The van der Waals surface area contributed by atoms with Gasteiger partial charge < -0.3 is 10.6 Å². The average Bonchev–Trinajstić information content (AvgIpc) is 2.53. The van der Waals surface area contributed by atoms with Gasteiger partial charge in [0.25, 0.3) is 0 Å². The molecule has 1 aromatic carbocycles. The lowest BCUT2D eigenvalue weighted by molar-refractivity contribution is 0.610. The van der Waals surface area contributed by atoms with E-state index >= 15 is 0 Å². The molecule has 2 N–H and O–H groups in total. The van der Waals surface area contributed by atoms with Gasteiger partial charge in [-0.05, 0) is 18.4 Å². The number of halogens is 1. The Labute approximate surface area is 124 Å². The molecule has 1 unspecified atom stereocenters. The minimum Gasteiger partial charge on any atom is -0.361 e. The third-order valence-corrected chi connectivity index (χ3v) is 3.20. The summed E-state index contributed by atoms with van der Waals surface area (Å²) in [5.74, 6) is 0.245. The Morgan fingerprint density at radius 3 is 2.62 bits per heavy atom. The minimum absolute atomic E-state index is 0.0228. The van der Waals surface area contributed by atoms with Gasteiger partial charge >= 0.3 is 0 Å². The van der Waals surface area contributed by atoms with Crippen LogP contribution in [0.3, 0.4) is 0 Å². The molecule has 0 fully saturated rings. The summed E-state index contributed by atoms with van der Waals surface area (Å²) in [5.41, 5.74) is 1.11. The Morgan fingerprint density at radius 1 is 1.19 bits per heavy atom. The lowest BCUT2D eigenvalue weighted by atomic mass is 10.0. The van der Waals surface area contributed by atoms with Gasteiger partial charge in [-0.15, -0.1) is 0 Å². The standard InChI is InChI=1S/C16H21FN4/c1-3-10-18-16-19-11-13(17)15(21-16)20-14(4-2)12-8-6-5-7-9-12/h5-9,11,14H,3-4,10H2,1-2H3,(H2,18,19,20,21). The molecule has 0 saturated carbocycles. The smallest absolute Gasteiger partial charge is 0.224 e. The predicted molar refractivity (Wildman–Crippen MR) is 83.9 cm³/mol. The van der Waals surface area contributed by atoms with Crippen molar-refractivity contribution in [1.29, 1.82) is 0 Å². The maximum atomic E-state index is 13.9. The number of nitrogens with one attached hydrogen (secondary N) is 2. The molecule has 0 aliphatic carbocycles. The van der Waals surface area contributed by atoms with E-state index in [-0.39, 0.29) is 11.9 Å². The lowest BCUT2D eigenvalue weighted by Crippen LogP contribution is -2.14. The second kappa shape index (κ2) is 7.57. The Hall–Kier alpha value is -2.17. The van der Waals surface area contributed by atoms with Crippen LogP contribution >= 0.6 is 0 Å². The molecular weight excluding hydrogens is 267 g/mol. The topological polar surface area (TPSA) is 49.8 Å². The van der Waals surface area contributed by atoms with Gasteiger partial charge in [-0.3, -0.25) is 0 Å². The third kappa shape index (κ3) is 4.15. The maximum absolute atomic E-state index is 13.9. The first-order valence-corrected chi connectivity index (χ1v) is 7.32. The van der Waals surface area contributed by atoms with E-state index < -0.39 is 5.82 Å². The summed E-state index contributed by atoms with van der Waals surface area (Å²) in [5, 5.41) is 6.23. The number of aromatic nitrogens is 2. The Morgan fingerprint density at radius 2 is 1.95 bits per heavy atom. The maximum Gasteiger partial charge on any atom is 0.224 e. The summed E-state index contributed by atoms with van der Waals surface area (Å²) < 4.78 is 13.9. The molecule has 0 saturated heterocycles. The summed E-state index contributed by atoms with van der Waals surface area (Å²) in [6.45, 7) is 4.87. The Kier molecular flexibility index (Phi) is 5.49. The summed E-state index contributed by atoms with van der Waals surface area (Å²) in [6, 6.07) is 9.99. The zero-order chi connectivity index (χ0) is 15.1. The van der Waals surface area contributed by atoms with Crippen LogP contribution < -0.4 is 10.6 Å². The van der Waals surface area contributed by atoms with E-state index in [0.29, 0.717) is 5.95 Å². The molecule has 0 aliphatic rings. The van der Waals surface area contributed by atoms with Gasteiger partial charge in [0.1, 0.15) is 0 Å². The molecule has 1 heterocycles. The molecule has 0 spiro atoms. The van der Waals surface area contributed by atoms with E-state index in [1.165, 1.54) is 6.20 Å². The normalized spacial score (nSPS) is 12.0. The Balaban J connectivity index is 2.16. The molecule has 2 aromatic rings. The fourth-order valence-corrected chi connectivity index (χ4v) is 2.06. The highest BCUT2D eigenvalue weighted by Crippen LogP contribution is 2.23. The van der Waals surface area contributed by atoms with Crippen molar-refractivity contribution in [1.82, 2.24) is 9.97 Å². The largest absolute Gasteiger partial charge is 0.361 e. The highest BCUT2D eigenvalue weighted by atomic mass is 19.1. The van der Waals surface area contributed by atoms with E-state index in [2.05, 4.69) is 34.4 Å². The van der Waals surface area contributed by atoms with Crippen LogP contribution in [-0.4, -0.2) is 16.5 Å². The number of hydrogen-bond acceptors (Lipinski definition) is 4. The number of rotatable bonds is 7. The number of hydrogen-bond donors (Lipinski definition) is 2. The quantitative estimate of drug-likeness (QED) is 0.808. The molecule has 5 heteroatoms. The van der Waals surface area contributed by atoms with E-state index in [9.17, 15) is 4.39 Å². The van der Waals surface area contributed by atoms with E-state index in [1.807, 2.05) is 30.3 Å². The molecule has 21 heavy (non-hydrogen) atoms. The van der Waals surface area contributed by atoms with E-state index in [0.717, 1.165) is 24.9 Å². The van der Waals surface area contributed by atoms with Crippen LogP contribution in [0.5, 0.6) is 0 Å². The molecule has 1 atom stereocenters. The number of anilines is 2. The van der Waals surface area contributed by atoms with Gasteiger partial charge in [0.2, 0.25) is 5.95 Å². The van der Waals surface area contributed by atoms with Crippen molar-refractivity contribution in [2.24, 2.45) is 0 Å². The average molecular weight is 288 g/mol. The van der Waals surface area contributed by atoms with Gasteiger partial charge in [0.15, 0.2) is 11.6 Å². The predicted octanol–water partition coefficient (Wildman–Crippen LogP) is 4.00. The zero-order valence-corrected chi connectivity index (χ0v) is 12.4. The van der Waals surface area contributed by atoms with Crippen LogP contribution in [0.1, 0.15) is 38.3 Å². The van der Waals surface area contributed by atoms with Crippen LogP contribution in [0, 0.1) is 5.82 Å². The third-order valence-electron chi connectivity index (χ3n) is 3.20. The van der Waals surface area contributed by atoms with Gasteiger partial charge in [-0.2, -0.15) is 4.98 Å². The first-order chi connectivity index (χ1) is 10.2. The molecule has 0 bridgehead atoms. The van der Waals surface area contributed by atoms with Crippen LogP contribution in [0.25, 0.3) is 0 Å². The molecule has 1 aromatic heterocycles. The van der Waals surface area contributed by atoms with Crippen molar-refractivity contribution in [3.05, 3.63) is 47.9 Å². The van der Waals surface area contributed by atoms with Crippen LogP contribution in [0.2, 0.25) is 0 Å². The summed E-state index contributed by atoms with van der Waals surface area (Å²) in [7, 11) is 0. The molecule has 2 rings (SSSR count).